The van der Waals surface area contributed by atoms with Crippen LogP contribution < -0.4 is 10.6 Å². The van der Waals surface area contributed by atoms with Crippen LogP contribution in [-0.2, 0) is 6.54 Å². The number of thioether (sulfide) groups is 1. The van der Waals surface area contributed by atoms with Gasteiger partial charge in [-0.1, -0.05) is 33.3 Å². The summed E-state index contributed by atoms with van der Waals surface area (Å²) in [4.78, 5) is 3.89. The average Bonchev–Trinajstić information content (AvgIpc) is 2.47. The molecule has 0 radical (unpaired) electrons. The van der Waals surface area contributed by atoms with Gasteiger partial charge in [-0.3, -0.25) is 0 Å². The number of nitrogens with zero attached hydrogens (tertiary/aromatic N) is 1. The summed E-state index contributed by atoms with van der Waals surface area (Å²) in [5.41, 5.74) is 8.71. The Labute approximate surface area is 129 Å². The van der Waals surface area contributed by atoms with Crippen molar-refractivity contribution >= 4 is 17.4 Å². The van der Waals surface area contributed by atoms with Crippen molar-refractivity contribution in [2.24, 2.45) is 5.73 Å². The fourth-order valence-corrected chi connectivity index (χ4v) is 3.29. The Hall–Kier alpha value is -0.670. The molecule has 1 atom stereocenters. The maximum Gasteiger partial charge on any atom is 0.0425 e. The molecular formula is C17H30N2S. The fraction of sp³-hybridized carbons (Fsp3) is 0.647. The molecule has 0 amide bonds. The van der Waals surface area contributed by atoms with Gasteiger partial charge in [-0.2, -0.15) is 0 Å². The smallest absolute Gasteiger partial charge is 0.0425 e. The Morgan fingerprint density at radius 3 is 2.55 bits per heavy atom. The zero-order chi connectivity index (χ0) is 15.0. The zero-order valence-corrected chi connectivity index (χ0v) is 14.3. The normalized spacial score (nSPS) is 12.4. The lowest BCUT2D eigenvalue weighted by Gasteiger charge is -2.33. The first-order valence-electron chi connectivity index (χ1n) is 7.90. The summed E-state index contributed by atoms with van der Waals surface area (Å²) >= 11 is 1.89. The summed E-state index contributed by atoms with van der Waals surface area (Å²) in [6.07, 6.45) is 3.63. The van der Waals surface area contributed by atoms with Crippen LogP contribution in [0.4, 0.5) is 5.69 Å². The molecule has 114 valence electrons. The van der Waals surface area contributed by atoms with E-state index in [0.717, 1.165) is 12.3 Å². The number of unbranched alkanes of at least 4 members (excludes halogenated alkanes) is 1. The van der Waals surface area contributed by atoms with E-state index in [2.05, 4.69) is 50.8 Å². The predicted octanol–water partition coefficient (Wildman–Crippen LogP) is 4.66. The molecule has 2 N–H and O–H groups in total. The number of hydrogen-bond acceptors (Lipinski definition) is 3. The third-order valence-corrected chi connectivity index (χ3v) is 4.78. The topological polar surface area (TPSA) is 29.3 Å². The van der Waals surface area contributed by atoms with Gasteiger partial charge in [-0.05, 0) is 37.7 Å². The molecule has 0 spiro atoms. The highest BCUT2D eigenvalue weighted by molar-refractivity contribution is 7.99. The van der Waals surface area contributed by atoms with Crippen molar-refractivity contribution in [2.75, 3.05) is 17.2 Å². The lowest BCUT2D eigenvalue weighted by molar-refractivity contribution is 0.593. The van der Waals surface area contributed by atoms with Gasteiger partial charge >= 0.3 is 0 Å². The van der Waals surface area contributed by atoms with E-state index < -0.39 is 0 Å². The molecule has 0 aromatic heterocycles. The van der Waals surface area contributed by atoms with Gasteiger partial charge in [0.1, 0.15) is 0 Å². The van der Waals surface area contributed by atoms with E-state index in [0.29, 0.717) is 12.6 Å². The molecular weight excluding hydrogens is 264 g/mol. The van der Waals surface area contributed by atoms with E-state index in [1.54, 1.807) is 0 Å². The minimum absolute atomic E-state index is 0.564. The van der Waals surface area contributed by atoms with Gasteiger partial charge in [0.25, 0.3) is 0 Å². The zero-order valence-electron chi connectivity index (χ0n) is 13.5. The number of benzene rings is 1. The third-order valence-electron chi connectivity index (χ3n) is 3.80. The summed E-state index contributed by atoms with van der Waals surface area (Å²) < 4.78 is 0. The Morgan fingerprint density at radius 1 is 1.25 bits per heavy atom. The van der Waals surface area contributed by atoms with Crippen LogP contribution in [0, 0.1) is 0 Å². The lowest BCUT2D eigenvalue weighted by Crippen LogP contribution is -2.34. The maximum absolute atomic E-state index is 6.05. The first-order valence-corrected chi connectivity index (χ1v) is 8.89. The molecule has 3 heteroatoms. The van der Waals surface area contributed by atoms with E-state index >= 15 is 0 Å². The molecule has 1 aromatic carbocycles. The molecule has 1 unspecified atom stereocenters. The second kappa shape index (κ2) is 9.30. The van der Waals surface area contributed by atoms with Crippen LogP contribution in [0.2, 0.25) is 0 Å². The molecule has 0 bridgehead atoms. The number of anilines is 1. The lowest BCUT2D eigenvalue weighted by atomic mass is 10.1. The summed E-state index contributed by atoms with van der Waals surface area (Å²) in [6.45, 7) is 10.8. The van der Waals surface area contributed by atoms with Crippen LogP contribution in [0.25, 0.3) is 0 Å². The Bertz CT molecular complexity index is 393. The van der Waals surface area contributed by atoms with E-state index in [9.17, 15) is 0 Å². The van der Waals surface area contributed by atoms with Crippen molar-refractivity contribution in [1.29, 1.82) is 0 Å². The van der Waals surface area contributed by atoms with Crippen LogP contribution in [0.1, 0.15) is 52.5 Å². The van der Waals surface area contributed by atoms with Crippen LogP contribution in [0.15, 0.2) is 23.1 Å². The highest BCUT2D eigenvalue weighted by Crippen LogP contribution is 2.32. The molecule has 20 heavy (non-hydrogen) atoms. The van der Waals surface area contributed by atoms with Crippen molar-refractivity contribution in [3.05, 3.63) is 23.8 Å². The molecule has 2 nitrogen and oxygen atoms in total. The van der Waals surface area contributed by atoms with Gasteiger partial charge in [0.2, 0.25) is 0 Å². The Balaban J connectivity index is 3.13. The Kier molecular flexibility index (Phi) is 8.08. The molecule has 0 aliphatic heterocycles. The van der Waals surface area contributed by atoms with E-state index in [1.165, 1.54) is 35.4 Å². The van der Waals surface area contributed by atoms with Crippen LogP contribution in [0.3, 0.4) is 0 Å². The van der Waals surface area contributed by atoms with Gasteiger partial charge < -0.3 is 10.6 Å². The van der Waals surface area contributed by atoms with Gasteiger partial charge in [-0.15, -0.1) is 11.8 Å². The van der Waals surface area contributed by atoms with Gasteiger partial charge in [0.05, 0.1) is 0 Å². The van der Waals surface area contributed by atoms with Crippen LogP contribution in [-0.4, -0.2) is 18.3 Å². The van der Waals surface area contributed by atoms with E-state index in [-0.39, 0.29) is 0 Å². The number of rotatable bonds is 9. The predicted molar refractivity (Wildman–Crippen MR) is 92.7 cm³/mol. The summed E-state index contributed by atoms with van der Waals surface area (Å²) in [5, 5.41) is 0. The molecule has 1 rings (SSSR count). The van der Waals surface area contributed by atoms with Crippen molar-refractivity contribution in [2.45, 2.75) is 64.4 Å². The summed E-state index contributed by atoms with van der Waals surface area (Å²) in [5.74, 6) is 1.09. The van der Waals surface area contributed by atoms with Crippen LogP contribution in [0.5, 0.6) is 0 Å². The van der Waals surface area contributed by atoms with E-state index in [4.69, 9.17) is 5.73 Å². The molecule has 1 aromatic rings. The van der Waals surface area contributed by atoms with Crippen molar-refractivity contribution in [1.82, 2.24) is 0 Å². The average molecular weight is 295 g/mol. The van der Waals surface area contributed by atoms with Crippen molar-refractivity contribution < 1.29 is 0 Å². The van der Waals surface area contributed by atoms with Gasteiger partial charge in [0.15, 0.2) is 0 Å². The summed E-state index contributed by atoms with van der Waals surface area (Å²) in [6, 6.07) is 7.18. The largest absolute Gasteiger partial charge is 0.369 e. The quantitative estimate of drug-likeness (QED) is 0.671. The Morgan fingerprint density at radius 2 is 2.00 bits per heavy atom. The molecule has 0 aliphatic rings. The summed E-state index contributed by atoms with van der Waals surface area (Å²) in [7, 11) is 0. The molecule has 0 fully saturated rings. The molecule has 0 saturated heterocycles. The second-order valence-corrected chi connectivity index (χ2v) is 6.50. The SMILES string of the molecule is CCCCN(c1cccc(SCC)c1CN)C(C)CC. The van der Waals surface area contributed by atoms with E-state index in [1.807, 2.05) is 11.8 Å². The first-order chi connectivity index (χ1) is 9.69. The van der Waals surface area contributed by atoms with Gasteiger partial charge in [-0.25, -0.2) is 0 Å². The molecule has 0 saturated carbocycles. The highest BCUT2D eigenvalue weighted by atomic mass is 32.2. The number of hydrogen-bond donors (Lipinski definition) is 1. The van der Waals surface area contributed by atoms with Crippen molar-refractivity contribution in [3.63, 3.8) is 0 Å². The van der Waals surface area contributed by atoms with Crippen molar-refractivity contribution in [3.8, 4) is 0 Å². The number of nitrogens with two attached hydrogens (primary N) is 1. The first kappa shape index (κ1) is 17.4. The monoisotopic (exact) mass is 294 g/mol. The standard InChI is InChI=1S/C17H30N2S/c1-5-8-12-19(14(4)6-2)16-10-9-11-17(20-7-3)15(16)13-18/h9-11,14H,5-8,12-13,18H2,1-4H3. The fourth-order valence-electron chi connectivity index (χ4n) is 2.45. The molecule has 0 heterocycles. The second-order valence-electron chi connectivity index (χ2n) is 5.20. The maximum atomic E-state index is 6.05. The molecule has 0 aliphatic carbocycles. The van der Waals surface area contributed by atoms with Crippen LogP contribution >= 0.6 is 11.8 Å². The highest BCUT2D eigenvalue weighted by Gasteiger charge is 2.17. The third kappa shape index (κ3) is 4.42. The minimum Gasteiger partial charge on any atom is -0.369 e. The van der Waals surface area contributed by atoms with Gasteiger partial charge in [0, 0.05) is 35.3 Å². The minimum atomic E-state index is 0.564.